The summed E-state index contributed by atoms with van der Waals surface area (Å²) in [5.74, 6) is 2.08. The average Bonchev–Trinajstić information content (AvgIpc) is 2.36. The summed E-state index contributed by atoms with van der Waals surface area (Å²) in [6, 6.07) is 7.88. The number of anilines is 2. The Morgan fingerprint density at radius 2 is 1.48 bits per heavy atom. The second-order valence-corrected chi connectivity index (χ2v) is 5.79. The Morgan fingerprint density at radius 3 is 1.95 bits per heavy atom. The van der Waals surface area contributed by atoms with Crippen molar-refractivity contribution in [2.45, 2.75) is 39.8 Å². The van der Waals surface area contributed by atoms with Gasteiger partial charge in [0.25, 0.3) is 0 Å². The van der Waals surface area contributed by atoms with Gasteiger partial charge in [0.05, 0.1) is 0 Å². The van der Waals surface area contributed by atoms with Gasteiger partial charge in [0.2, 0.25) is 0 Å². The minimum atomic E-state index is 0.284. The number of nitrogens with zero attached hydrogens (tertiary/aromatic N) is 3. The van der Waals surface area contributed by atoms with Crippen LogP contribution in [0.15, 0.2) is 24.3 Å². The lowest BCUT2D eigenvalue weighted by Gasteiger charge is -2.14. The Hall–Kier alpha value is -1.88. The molecule has 0 aliphatic rings. The number of aromatic nitrogens is 3. The van der Waals surface area contributed by atoms with Gasteiger partial charge in [0.15, 0.2) is 5.82 Å². The van der Waals surface area contributed by atoms with E-state index in [1.54, 1.807) is 6.07 Å². The number of nitrogens with one attached hydrogen (secondary N) is 2. The molecule has 2 aromatic rings. The molecule has 0 atom stereocenters. The first-order chi connectivity index (χ1) is 9.94. The van der Waals surface area contributed by atoms with Crippen molar-refractivity contribution in [3.8, 4) is 11.5 Å². The molecule has 0 fully saturated rings. The highest BCUT2D eigenvalue weighted by atomic mass is 35.5. The highest BCUT2D eigenvalue weighted by molar-refractivity contribution is 6.29. The maximum atomic E-state index is 5.95. The fraction of sp³-hybridized carbons (Fsp3) is 0.400. The maximum absolute atomic E-state index is 5.95. The molecule has 0 saturated heterocycles. The molecule has 0 radical (unpaired) electrons. The standard InChI is InChI=1S/C15H20ClN5/c1-9(2)17-13-8-14(18-10(3)4)21-15(20-13)11-6-5-7-12(16)19-11/h5-10H,1-4H3,(H2,17,18,20,21). The summed E-state index contributed by atoms with van der Waals surface area (Å²) < 4.78 is 0. The Bertz CT molecular complexity index is 585. The highest BCUT2D eigenvalue weighted by Gasteiger charge is 2.10. The van der Waals surface area contributed by atoms with Crippen molar-refractivity contribution in [1.29, 1.82) is 0 Å². The molecule has 5 nitrogen and oxygen atoms in total. The van der Waals surface area contributed by atoms with Gasteiger partial charge in [0, 0.05) is 18.2 Å². The summed E-state index contributed by atoms with van der Waals surface area (Å²) in [4.78, 5) is 13.3. The number of hydrogen-bond donors (Lipinski definition) is 2. The summed E-state index contributed by atoms with van der Waals surface area (Å²) in [7, 11) is 0. The van der Waals surface area contributed by atoms with Crippen LogP contribution in [0.25, 0.3) is 11.5 Å². The van der Waals surface area contributed by atoms with Gasteiger partial charge in [-0.3, -0.25) is 0 Å². The van der Waals surface area contributed by atoms with Crippen LogP contribution < -0.4 is 10.6 Å². The van der Waals surface area contributed by atoms with Crippen molar-refractivity contribution < 1.29 is 0 Å². The SMILES string of the molecule is CC(C)Nc1cc(NC(C)C)nc(-c2cccc(Cl)n2)n1. The zero-order valence-corrected chi connectivity index (χ0v) is 13.4. The van der Waals surface area contributed by atoms with Crippen molar-refractivity contribution in [1.82, 2.24) is 15.0 Å². The molecule has 2 N–H and O–H groups in total. The second kappa shape index (κ2) is 6.72. The van der Waals surface area contributed by atoms with Gasteiger partial charge in [-0.15, -0.1) is 0 Å². The minimum Gasteiger partial charge on any atom is -0.368 e. The molecule has 0 aliphatic heterocycles. The smallest absolute Gasteiger partial charge is 0.182 e. The molecule has 0 saturated carbocycles. The van der Waals surface area contributed by atoms with E-state index in [1.807, 2.05) is 18.2 Å². The van der Waals surface area contributed by atoms with Crippen LogP contribution in [0, 0.1) is 0 Å². The van der Waals surface area contributed by atoms with Crippen LogP contribution in [-0.2, 0) is 0 Å². The van der Waals surface area contributed by atoms with Gasteiger partial charge < -0.3 is 10.6 Å². The van der Waals surface area contributed by atoms with Crippen LogP contribution in [0.2, 0.25) is 5.15 Å². The van der Waals surface area contributed by atoms with E-state index in [0.717, 1.165) is 11.6 Å². The van der Waals surface area contributed by atoms with Gasteiger partial charge in [-0.25, -0.2) is 15.0 Å². The molecule has 0 spiro atoms. The van der Waals surface area contributed by atoms with Crippen LogP contribution in [0.4, 0.5) is 11.6 Å². The molecule has 0 unspecified atom stereocenters. The predicted molar refractivity (Wildman–Crippen MR) is 87.8 cm³/mol. The first kappa shape index (κ1) is 15.5. The quantitative estimate of drug-likeness (QED) is 0.822. The second-order valence-electron chi connectivity index (χ2n) is 5.41. The van der Waals surface area contributed by atoms with E-state index in [9.17, 15) is 0 Å². The maximum Gasteiger partial charge on any atom is 0.182 e. The summed E-state index contributed by atoms with van der Waals surface area (Å²) in [5, 5.41) is 7.01. The summed E-state index contributed by atoms with van der Waals surface area (Å²) in [6.07, 6.45) is 0. The molecule has 6 heteroatoms. The third-order valence-corrected chi connectivity index (χ3v) is 2.75. The minimum absolute atomic E-state index is 0.284. The number of hydrogen-bond acceptors (Lipinski definition) is 5. The molecule has 112 valence electrons. The lowest BCUT2D eigenvalue weighted by atomic mass is 10.3. The van der Waals surface area contributed by atoms with Crippen molar-refractivity contribution in [3.63, 3.8) is 0 Å². The first-order valence-corrected chi connectivity index (χ1v) is 7.37. The van der Waals surface area contributed by atoms with E-state index in [-0.39, 0.29) is 12.1 Å². The Balaban J connectivity index is 2.43. The normalized spacial score (nSPS) is 11.0. The van der Waals surface area contributed by atoms with Crippen LogP contribution >= 0.6 is 11.6 Å². The Labute approximate surface area is 130 Å². The zero-order chi connectivity index (χ0) is 15.4. The molecule has 2 aromatic heterocycles. The lowest BCUT2D eigenvalue weighted by Crippen LogP contribution is -2.15. The number of rotatable bonds is 5. The third-order valence-electron chi connectivity index (χ3n) is 2.54. The molecule has 2 rings (SSSR count). The molecule has 0 aliphatic carbocycles. The Morgan fingerprint density at radius 1 is 0.905 bits per heavy atom. The van der Waals surface area contributed by atoms with E-state index in [4.69, 9.17) is 11.6 Å². The Kier molecular flexibility index (Phi) is 4.96. The van der Waals surface area contributed by atoms with Crippen molar-refractivity contribution in [3.05, 3.63) is 29.4 Å². The molecule has 0 bridgehead atoms. The zero-order valence-electron chi connectivity index (χ0n) is 12.7. The van der Waals surface area contributed by atoms with Gasteiger partial charge in [0.1, 0.15) is 22.5 Å². The van der Waals surface area contributed by atoms with Crippen molar-refractivity contribution in [2.24, 2.45) is 0 Å². The topological polar surface area (TPSA) is 62.7 Å². The van der Waals surface area contributed by atoms with Gasteiger partial charge >= 0.3 is 0 Å². The highest BCUT2D eigenvalue weighted by Crippen LogP contribution is 2.21. The van der Waals surface area contributed by atoms with Crippen LogP contribution in [0.3, 0.4) is 0 Å². The monoisotopic (exact) mass is 305 g/mol. The molecule has 2 heterocycles. The lowest BCUT2D eigenvalue weighted by molar-refractivity contribution is 0.874. The van der Waals surface area contributed by atoms with Gasteiger partial charge in [-0.1, -0.05) is 17.7 Å². The third kappa shape index (κ3) is 4.56. The fourth-order valence-electron chi connectivity index (χ4n) is 1.83. The average molecular weight is 306 g/mol. The summed E-state index contributed by atoms with van der Waals surface area (Å²) in [6.45, 7) is 8.26. The molecular weight excluding hydrogens is 286 g/mol. The van der Waals surface area contributed by atoms with E-state index < -0.39 is 0 Å². The molecule has 0 amide bonds. The molecule has 0 aromatic carbocycles. The van der Waals surface area contributed by atoms with E-state index in [2.05, 4.69) is 53.3 Å². The largest absolute Gasteiger partial charge is 0.368 e. The van der Waals surface area contributed by atoms with Crippen molar-refractivity contribution in [2.75, 3.05) is 10.6 Å². The number of pyridine rings is 1. The van der Waals surface area contributed by atoms with Gasteiger partial charge in [-0.05, 0) is 39.8 Å². The van der Waals surface area contributed by atoms with Crippen LogP contribution in [-0.4, -0.2) is 27.0 Å². The van der Waals surface area contributed by atoms with E-state index in [0.29, 0.717) is 16.7 Å². The predicted octanol–water partition coefficient (Wildman–Crippen LogP) is 3.83. The van der Waals surface area contributed by atoms with E-state index >= 15 is 0 Å². The van der Waals surface area contributed by atoms with Crippen molar-refractivity contribution >= 4 is 23.2 Å². The number of halogens is 1. The summed E-state index contributed by atoms with van der Waals surface area (Å²) in [5.41, 5.74) is 0.654. The fourth-order valence-corrected chi connectivity index (χ4v) is 2.00. The van der Waals surface area contributed by atoms with Crippen LogP contribution in [0.1, 0.15) is 27.7 Å². The first-order valence-electron chi connectivity index (χ1n) is 6.99. The van der Waals surface area contributed by atoms with E-state index in [1.165, 1.54) is 0 Å². The summed E-state index contributed by atoms with van der Waals surface area (Å²) >= 11 is 5.95. The van der Waals surface area contributed by atoms with Crippen LogP contribution in [0.5, 0.6) is 0 Å². The van der Waals surface area contributed by atoms with Gasteiger partial charge in [-0.2, -0.15) is 0 Å². The molecular formula is C15H20ClN5. The molecule has 21 heavy (non-hydrogen) atoms.